The Balaban J connectivity index is 1.32. The third kappa shape index (κ3) is 3.67. The molecule has 4 nitrogen and oxygen atoms in total. The van der Waals surface area contributed by atoms with Crippen molar-refractivity contribution in [3.05, 3.63) is 96.1 Å². The molecule has 2 bridgehead atoms. The summed E-state index contributed by atoms with van der Waals surface area (Å²) in [7, 11) is 0. The molecule has 2 aliphatic carbocycles. The molecule has 1 saturated carbocycles. The Hall–Kier alpha value is -3.66. The van der Waals surface area contributed by atoms with Crippen molar-refractivity contribution in [1.29, 1.82) is 0 Å². The normalized spacial score (nSPS) is 24.5. The van der Waals surface area contributed by atoms with Crippen molar-refractivity contribution >= 4 is 28.6 Å². The topological polar surface area (TPSA) is 46.6 Å². The largest absolute Gasteiger partial charge is 0.494 e. The van der Waals surface area contributed by atoms with Crippen molar-refractivity contribution in [2.75, 3.05) is 11.5 Å². The molecular formula is C32H31NO3. The number of imide groups is 1. The van der Waals surface area contributed by atoms with E-state index in [0.717, 1.165) is 42.6 Å². The van der Waals surface area contributed by atoms with E-state index in [0.29, 0.717) is 12.3 Å². The van der Waals surface area contributed by atoms with Gasteiger partial charge in [-0.2, -0.15) is 0 Å². The molecule has 1 saturated heterocycles. The van der Waals surface area contributed by atoms with E-state index in [-0.39, 0.29) is 35.5 Å². The van der Waals surface area contributed by atoms with Crippen LogP contribution in [0.1, 0.15) is 43.7 Å². The molecule has 0 N–H and O–H groups in total. The van der Waals surface area contributed by atoms with Crippen LogP contribution >= 0.6 is 0 Å². The van der Waals surface area contributed by atoms with Crippen LogP contribution in [0.4, 0.5) is 5.69 Å². The molecule has 4 atom stereocenters. The zero-order valence-electron chi connectivity index (χ0n) is 20.6. The highest BCUT2D eigenvalue weighted by atomic mass is 16.5. The van der Waals surface area contributed by atoms with Gasteiger partial charge in [-0.3, -0.25) is 14.5 Å². The quantitative estimate of drug-likeness (QED) is 0.270. The molecule has 1 heterocycles. The summed E-state index contributed by atoms with van der Waals surface area (Å²) in [6.45, 7) is 2.85. The molecule has 3 aromatic carbocycles. The molecule has 0 unspecified atom stereocenters. The van der Waals surface area contributed by atoms with Crippen LogP contribution in [0.5, 0.6) is 5.75 Å². The Bertz CT molecular complexity index is 1220. The number of amides is 2. The molecule has 6 rings (SSSR count). The number of fused-ring (bicyclic) bond motifs is 5. The predicted molar refractivity (Wildman–Crippen MR) is 142 cm³/mol. The number of benzene rings is 3. The maximum absolute atomic E-state index is 13.8. The molecule has 182 valence electrons. The van der Waals surface area contributed by atoms with Crippen LogP contribution in [-0.4, -0.2) is 18.4 Å². The van der Waals surface area contributed by atoms with Gasteiger partial charge in [0.25, 0.3) is 0 Å². The van der Waals surface area contributed by atoms with Crippen molar-refractivity contribution in [2.24, 2.45) is 23.7 Å². The van der Waals surface area contributed by atoms with E-state index in [1.165, 1.54) is 16.0 Å². The van der Waals surface area contributed by atoms with Crippen LogP contribution < -0.4 is 9.64 Å². The van der Waals surface area contributed by atoms with Gasteiger partial charge in [0.2, 0.25) is 11.8 Å². The number of rotatable bonds is 8. The van der Waals surface area contributed by atoms with E-state index in [1.807, 2.05) is 60.7 Å². The fourth-order valence-corrected chi connectivity index (χ4v) is 6.58. The van der Waals surface area contributed by atoms with E-state index < -0.39 is 0 Å². The van der Waals surface area contributed by atoms with E-state index in [9.17, 15) is 9.59 Å². The highest BCUT2D eigenvalue weighted by molar-refractivity contribution is 6.24. The molecule has 0 radical (unpaired) electrons. The van der Waals surface area contributed by atoms with Gasteiger partial charge in [-0.1, -0.05) is 80.4 Å². The number of ether oxygens (including phenoxy) is 1. The average molecular weight is 478 g/mol. The second-order valence-corrected chi connectivity index (χ2v) is 10.1. The summed E-state index contributed by atoms with van der Waals surface area (Å²) in [5.74, 6) is 0.170. The molecule has 4 heteroatoms. The van der Waals surface area contributed by atoms with E-state index in [1.54, 1.807) is 0 Å². The Morgan fingerprint density at radius 1 is 0.722 bits per heavy atom. The smallest absolute Gasteiger partial charge is 0.238 e. The van der Waals surface area contributed by atoms with Crippen LogP contribution in [0.15, 0.2) is 84.9 Å². The summed E-state index contributed by atoms with van der Waals surface area (Å²) in [6.07, 6.45) is 4.18. The number of carbonyl (C=O) groups is 2. The first-order valence-corrected chi connectivity index (χ1v) is 13.1. The highest BCUT2D eigenvalue weighted by Gasteiger charge is 2.64. The minimum atomic E-state index is -0.296. The van der Waals surface area contributed by atoms with Crippen molar-refractivity contribution in [1.82, 2.24) is 0 Å². The zero-order valence-corrected chi connectivity index (χ0v) is 20.6. The lowest BCUT2D eigenvalue weighted by Crippen LogP contribution is -2.32. The maximum Gasteiger partial charge on any atom is 0.238 e. The lowest BCUT2D eigenvalue weighted by molar-refractivity contribution is -0.123. The molecule has 0 spiro atoms. The van der Waals surface area contributed by atoms with Gasteiger partial charge in [-0.05, 0) is 71.2 Å². The average Bonchev–Trinajstić information content (AvgIpc) is 3.57. The molecule has 2 fully saturated rings. The van der Waals surface area contributed by atoms with Crippen LogP contribution in [-0.2, 0) is 9.59 Å². The van der Waals surface area contributed by atoms with Gasteiger partial charge < -0.3 is 4.74 Å². The molecular weight excluding hydrogens is 446 g/mol. The standard InChI is InChI=1S/C32H31NO3/c1-2-3-10-19-36-24-17-15-23(16-18-24)33-31(34)29-25-20-26(30(29)32(33)35)28(22-13-8-5-9-14-22)27(25)21-11-6-4-7-12-21/h4-9,11-18,25-26,29-30H,2-3,10,19-20H2,1H3/t25-,26-,29+,30+/m1/s1. The van der Waals surface area contributed by atoms with Gasteiger partial charge in [0.05, 0.1) is 24.1 Å². The number of unbranched alkanes of at least 4 members (excludes halogenated alkanes) is 2. The van der Waals surface area contributed by atoms with Crippen LogP contribution in [0.25, 0.3) is 11.1 Å². The van der Waals surface area contributed by atoms with Gasteiger partial charge in [0.1, 0.15) is 5.75 Å². The summed E-state index contributed by atoms with van der Waals surface area (Å²) < 4.78 is 5.83. The van der Waals surface area contributed by atoms with Crippen LogP contribution in [0.3, 0.4) is 0 Å². The van der Waals surface area contributed by atoms with E-state index in [2.05, 4.69) is 31.2 Å². The number of hydrogen-bond acceptors (Lipinski definition) is 3. The zero-order chi connectivity index (χ0) is 24.6. The Morgan fingerprint density at radius 3 is 1.75 bits per heavy atom. The number of nitrogens with zero attached hydrogens (tertiary/aromatic N) is 1. The van der Waals surface area contributed by atoms with Gasteiger partial charge in [0, 0.05) is 0 Å². The van der Waals surface area contributed by atoms with Crippen molar-refractivity contribution in [3.63, 3.8) is 0 Å². The number of carbonyl (C=O) groups excluding carboxylic acids is 2. The monoisotopic (exact) mass is 477 g/mol. The SMILES string of the molecule is CCCCCOc1ccc(N2C(=O)[C@@H]3[C@@H](C2=O)[C@@H]2C[C@@H]3C(c3ccccc3)=C2c2ccccc2)cc1. The second-order valence-electron chi connectivity index (χ2n) is 10.1. The van der Waals surface area contributed by atoms with Gasteiger partial charge >= 0.3 is 0 Å². The van der Waals surface area contributed by atoms with Crippen LogP contribution in [0, 0.1) is 23.7 Å². The Kier molecular flexibility index (Phi) is 5.96. The first-order chi connectivity index (χ1) is 17.7. The molecule has 1 aliphatic heterocycles. The minimum Gasteiger partial charge on any atom is -0.494 e. The van der Waals surface area contributed by atoms with Gasteiger partial charge in [-0.15, -0.1) is 0 Å². The van der Waals surface area contributed by atoms with Gasteiger partial charge in [0.15, 0.2) is 0 Å². The number of hydrogen-bond donors (Lipinski definition) is 0. The third-order valence-corrected chi connectivity index (χ3v) is 8.09. The van der Waals surface area contributed by atoms with Crippen LogP contribution in [0.2, 0.25) is 0 Å². The molecule has 2 amide bonds. The van der Waals surface area contributed by atoms with E-state index in [4.69, 9.17) is 4.74 Å². The first kappa shape index (κ1) is 22.8. The Morgan fingerprint density at radius 2 is 1.25 bits per heavy atom. The summed E-state index contributed by atoms with van der Waals surface area (Å²) in [4.78, 5) is 29.0. The molecule has 3 aromatic rings. The molecule has 36 heavy (non-hydrogen) atoms. The van der Waals surface area contributed by atoms with Crippen molar-refractivity contribution in [3.8, 4) is 5.75 Å². The molecule has 3 aliphatic rings. The molecule has 0 aromatic heterocycles. The minimum absolute atomic E-state index is 0.0558. The summed E-state index contributed by atoms with van der Waals surface area (Å²) in [5, 5.41) is 0. The summed E-state index contributed by atoms with van der Waals surface area (Å²) in [6, 6.07) is 28.2. The number of anilines is 1. The van der Waals surface area contributed by atoms with Gasteiger partial charge in [-0.25, -0.2) is 0 Å². The van der Waals surface area contributed by atoms with Crippen molar-refractivity contribution in [2.45, 2.75) is 32.6 Å². The van der Waals surface area contributed by atoms with Crippen molar-refractivity contribution < 1.29 is 14.3 Å². The fraction of sp³-hybridized carbons (Fsp3) is 0.312. The predicted octanol–water partition coefficient (Wildman–Crippen LogP) is 6.62. The van der Waals surface area contributed by atoms with E-state index >= 15 is 0 Å². The summed E-state index contributed by atoms with van der Waals surface area (Å²) in [5.41, 5.74) is 5.44. The first-order valence-electron chi connectivity index (χ1n) is 13.1. The lowest BCUT2D eigenvalue weighted by atomic mass is 9.73. The number of allylic oxidation sites excluding steroid dienone is 2. The lowest BCUT2D eigenvalue weighted by Gasteiger charge is -2.27. The second kappa shape index (κ2) is 9.42. The third-order valence-electron chi connectivity index (χ3n) is 8.09. The fourth-order valence-electron chi connectivity index (χ4n) is 6.58. The maximum atomic E-state index is 13.8. The Labute approximate surface area is 212 Å². The highest BCUT2D eigenvalue weighted by Crippen LogP contribution is 2.63. The summed E-state index contributed by atoms with van der Waals surface area (Å²) >= 11 is 0.